The highest BCUT2D eigenvalue weighted by atomic mass is 19.4. The van der Waals surface area contributed by atoms with E-state index in [2.05, 4.69) is 9.72 Å². The van der Waals surface area contributed by atoms with Gasteiger partial charge in [-0.1, -0.05) is 0 Å². The Morgan fingerprint density at radius 1 is 1.50 bits per heavy atom. The number of ether oxygens (including phenoxy) is 1. The third kappa shape index (κ3) is 2.63. The maximum Gasteiger partial charge on any atom is 0.425 e. The van der Waals surface area contributed by atoms with E-state index in [1.54, 1.807) is 13.0 Å². The van der Waals surface area contributed by atoms with Crippen molar-refractivity contribution in [1.29, 1.82) is 5.26 Å². The van der Waals surface area contributed by atoms with Crippen LogP contribution in [-0.2, 0) is 0 Å². The molecule has 1 atom stereocenters. The van der Waals surface area contributed by atoms with E-state index in [-0.39, 0.29) is 11.4 Å². The Bertz CT molecular complexity index is 423. The Hall–Kier alpha value is -1.77. The maximum absolute atomic E-state index is 12.2. The molecule has 0 radical (unpaired) electrons. The fourth-order valence-electron chi connectivity index (χ4n) is 0.993. The second-order valence-corrected chi connectivity index (χ2v) is 3.22. The maximum atomic E-state index is 12.2. The van der Waals surface area contributed by atoms with Crippen LogP contribution in [0.1, 0.15) is 18.1 Å². The number of hydrogen-bond acceptors (Lipinski definition) is 3. The Morgan fingerprint density at radius 3 is 2.62 bits per heavy atom. The molecule has 16 heavy (non-hydrogen) atoms. The average Bonchev–Trinajstić information content (AvgIpc) is 2.16. The molecule has 0 amide bonds. The van der Waals surface area contributed by atoms with E-state index in [0.717, 1.165) is 6.92 Å². The quantitative estimate of drug-likeness (QED) is 0.784. The molecule has 1 aromatic heterocycles. The number of hydrogen-bond donors (Lipinski definition) is 0. The third-order valence-corrected chi connectivity index (χ3v) is 1.99. The fraction of sp³-hybridized carbons (Fsp3) is 0.400. The summed E-state index contributed by atoms with van der Waals surface area (Å²) in [7, 11) is 0. The minimum Gasteiger partial charge on any atom is -0.464 e. The Labute approximate surface area is 90.5 Å². The molecule has 1 unspecified atom stereocenters. The van der Waals surface area contributed by atoms with Crippen molar-refractivity contribution in [2.45, 2.75) is 26.1 Å². The van der Waals surface area contributed by atoms with Crippen molar-refractivity contribution >= 4 is 0 Å². The number of aryl methyl sites for hydroxylation is 1. The Kier molecular flexibility index (Phi) is 3.38. The molecule has 0 aliphatic rings. The number of nitriles is 1. The van der Waals surface area contributed by atoms with Gasteiger partial charge in [0, 0.05) is 6.20 Å². The summed E-state index contributed by atoms with van der Waals surface area (Å²) in [5.74, 6) is -0.285. The molecule has 0 saturated heterocycles. The molecular formula is C10H9F3N2O. The highest BCUT2D eigenvalue weighted by Gasteiger charge is 2.38. The molecule has 6 heteroatoms. The van der Waals surface area contributed by atoms with Crippen molar-refractivity contribution in [1.82, 2.24) is 4.98 Å². The number of halogens is 3. The highest BCUT2D eigenvalue weighted by Crippen LogP contribution is 2.26. The number of nitrogens with zero attached hydrogens (tertiary/aromatic N) is 2. The molecule has 0 spiro atoms. The van der Waals surface area contributed by atoms with Gasteiger partial charge in [-0.2, -0.15) is 18.4 Å². The van der Waals surface area contributed by atoms with Crippen molar-refractivity contribution in [2.75, 3.05) is 0 Å². The van der Waals surface area contributed by atoms with Gasteiger partial charge in [-0.05, 0) is 25.5 Å². The zero-order chi connectivity index (χ0) is 12.3. The number of aromatic nitrogens is 1. The fourth-order valence-corrected chi connectivity index (χ4v) is 0.993. The molecule has 0 aliphatic heterocycles. The molecule has 1 heterocycles. The van der Waals surface area contributed by atoms with Gasteiger partial charge >= 0.3 is 6.18 Å². The summed E-state index contributed by atoms with van der Waals surface area (Å²) in [4.78, 5) is 3.62. The molecule has 0 aromatic carbocycles. The van der Waals surface area contributed by atoms with Gasteiger partial charge in [-0.25, -0.2) is 4.98 Å². The highest BCUT2D eigenvalue weighted by molar-refractivity contribution is 5.43. The number of rotatable bonds is 2. The molecule has 1 aromatic rings. The van der Waals surface area contributed by atoms with Crippen LogP contribution >= 0.6 is 0 Å². The van der Waals surface area contributed by atoms with Crippen LogP contribution in [-0.4, -0.2) is 17.3 Å². The minimum absolute atomic E-state index is 0.0265. The predicted octanol–water partition coefficient (Wildman–Crippen LogP) is 2.59. The van der Waals surface area contributed by atoms with Gasteiger partial charge in [0.15, 0.2) is 6.10 Å². The number of alkyl halides is 3. The van der Waals surface area contributed by atoms with Gasteiger partial charge in [0.2, 0.25) is 5.88 Å². The van der Waals surface area contributed by atoms with Crippen molar-refractivity contribution in [2.24, 2.45) is 0 Å². The monoisotopic (exact) mass is 230 g/mol. The molecule has 0 aliphatic carbocycles. The molecule has 0 bridgehead atoms. The van der Waals surface area contributed by atoms with Crippen LogP contribution in [0.3, 0.4) is 0 Å². The van der Waals surface area contributed by atoms with Crippen molar-refractivity contribution in [3.63, 3.8) is 0 Å². The zero-order valence-electron chi connectivity index (χ0n) is 8.67. The lowest BCUT2D eigenvalue weighted by Crippen LogP contribution is -2.31. The lowest BCUT2D eigenvalue weighted by atomic mass is 10.2. The van der Waals surface area contributed by atoms with Crippen LogP contribution in [0.25, 0.3) is 0 Å². The van der Waals surface area contributed by atoms with Crippen LogP contribution in [0.2, 0.25) is 0 Å². The normalized spacial score (nSPS) is 13.0. The molecule has 0 N–H and O–H groups in total. The molecule has 86 valence electrons. The van der Waals surface area contributed by atoms with E-state index in [1.807, 2.05) is 0 Å². The molecule has 3 nitrogen and oxygen atoms in total. The first-order valence-electron chi connectivity index (χ1n) is 4.45. The first-order chi connectivity index (χ1) is 7.36. The van der Waals surface area contributed by atoms with Crippen LogP contribution in [0, 0.1) is 18.3 Å². The summed E-state index contributed by atoms with van der Waals surface area (Å²) >= 11 is 0. The molecule has 1 rings (SSSR count). The van der Waals surface area contributed by atoms with Crippen molar-refractivity contribution < 1.29 is 17.9 Å². The van der Waals surface area contributed by atoms with Gasteiger partial charge in [0.05, 0.1) is 0 Å². The van der Waals surface area contributed by atoms with E-state index in [4.69, 9.17) is 5.26 Å². The van der Waals surface area contributed by atoms with E-state index < -0.39 is 12.3 Å². The lowest BCUT2D eigenvalue weighted by molar-refractivity contribution is -0.190. The second kappa shape index (κ2) is 4.39. The van der Waals surface area contributed by atoms with Crippen molar-refractivity contribution in [3.8, 4) is 11.9 Å². The molecular weight excluding hydrogens is 221 g/mol. The van der Waals surface area contributed by atoms with Crippen LogP contribution < -0.4 is 4.74 Å². The Balaban J connectivity index is 2.99. The first-order valence-corrected chi connectivity index (χ1v) is 4.45. The predicted molar refractivity (Wildman–Crippen MR) is 49.8 cm³/mol. The second-order valence-electron chi connectivity index (χ2n) is 3.22. The van der Waals surface area contributed by atoms with Crippen LogP contribution in [0.15, 0.2) is 12.3 Å². The summed E-state index contributed by atoms with van der Waals surface area (Å²) in [6.45, 7) is 2.47. The van der Waals surface area contributed by atoms with Gasteiger partial charge in [-0.15, -0.1) is 0 Å². The lowest BCUT2D eigenvalue weighted by Gasteiger charge is -2.17. The average molecular weight is 230 g/mol. The smallest absolute Gasteiger partial charge is 0.425 e. The topological polar surface area (TPSA) is 45.9 Å². The van der Waals surface area contributed by atoms with Gasteiger partial charge in [0.25, 0.3) is 0 Å². The molecule has 0 fully saturated rings. The van der Waals surface area contributed by atoms with E-state index in [9.17, 15) is 13.2 Å². The summed E-state index contributed by atoms with van der Waals surface area (Å²) in [6.07, 6.45) is -5.17. The summed E-state index contributed by atoms with van der Waals surface area (Å²) in [6, 6.07) is 3.30. The summed E-state index contributed by atoms with van der Waals surface area (Å²) in [5.41, 5.74) is 0.556. The third-order valence-electron chi connectivity index (χ3n) is 1.99. The number of pyridine rings is 1. The van der Waals surface area contributed by atoms with Crippen LogP contribution in [0.4, 0.5) is 13.2 Å². The zero-order valence-corrected chi connectivity index (χ0v) is 8.67. The van der Waals surface area contributed by atoms with Gasteiger partial charge in [0.1, 0.15) is 11.6 Å². The van der Waals surface area contributed by atoms with Crippen molar-refractivity contribution in [3.05, 3.63) is 23.4 Å². The van der Waals surface area contributed by atoms with E-state index in [1.165, 1.54) is 12.3 Å². The summed E-state index contributed by atoms with van der Waals surface area (Å²) < 4.78 is 41.3. The summed E-state index contributed by atoms with van der Waals surface area (Å²) in [5, 5.41) is 8.76. The van der Waals surface area contributed by atoms with Crippen LogP contribution in [0.5, 0.6) is 5.88 Å². The first kappa shape index (κ1) is 12.3. The largest absolute Gasteiger partial charge is 0.464 e. The van der Waals surface area contributed by atoms with Gasteiger partial charge < -0.3 is 4.74 Å². The van der Waals surface area contributed by atoms with E-state index in [0.29, 0.717) is 5.56 Å². The standard InChI is InChI=1S/C10H9F3N2O/c1-6-3-4-15-9(8(6)5-14)16-7(2)10(11,12)13/h3-4,7H,1-2H3. The molecule has 0 saturated carbocycles. The van der Waals surface area contributed by atoms with E-state index >= 15 is 0 Å². The SMILES string of the molecule is Cc1ccnc(OC(C)C(F)(F)F)c1C#N. The van der Waals surface area contributed by atoms with Gasteiger partial charge in [-0.3, -0.25) is 0 Å². The minimum atomic E-state index is -4.47. The Morgan fingerprint density at radius 2 is 2.12 bits per heavy atom.